The Morgan fingerprint density at radius 2 is 1.71 bits per heavy atom. The lowest BCUT2D eigenvalue weighted by molar-refractivity contribution is -0.136. The van der Waals surface area contributed by atoms with Gasteiger partial charge in [-0.2, -0.15) is 0 Å². The van der Waals surface area contributed by atoms with Crippen molar-refractivity contribution in [3.63, 3.8) is 0 Å². The first-order valence-electron chi connectivity index (χ1n) is 12.5. The van der Waals surface area contributed by atoms with Crippen molar-refractivity contribution in [2.24, 2.45) is 0 Å². The van der Waals surface area contributed by atoms with Crippen LogP contribution in [0.25, 0.3) is 0 Å². The lowest BCUT2D eigenvalue weighted by Gasteiger charge is -2.38. The van der Waals surface area contributed by atoms with Gasteiger partial charge in [0.15, 0.2) is 0 Å². The number of carbonyl (C=O) groups excluding carboxylic acids is 3. The standard InChI is InChI=1S/C25H32F2N4O3/c26-25(27)11-9-16(10-12-25)28-19-3-1-2-4-20(19)29-17-5-6-18-15(13-17)14-31(24(18)34)21-7-8-22(32)30-23(21)33/h5-6,13,16,19-21,28-29H,1-4,7-12,14H2,(H,30,32,33)/t19-,20-,21?/m0/s1. The maximum Gasteiger partial charge on any atom is 0.255 e. The van der Waals surface area contributed by atoms with Crippen LogP contribution >= 0.6 is 0 Å². The van der Waals surface area contributed by atoms with E-state index in [2.05, 4.69) is 16.0 Å². The molecular formula is C25H32F2N4O3. The average Bonchev–Trinajstić information content (AvgIpc) is 3.12. The quantitative estimate of drug-likeness (QED) is 0.570. The zero-order valence-corrected chi connectivity index (χ0v) is 19.2. The van der Waals surface area contributed by atoms with Crippen molar-refractivity contribution in [2.45, 2.75) is 101 Å². The van der Waals surface area contributed by atoms with Crippen molar-refractivity contribution in [3.05, 3.63) is 29.3 Å². The third-order valence-corrected chi connectivity index (χ3v) is 7.81. The third-order valence-electron chi connectivity index (χ3n) is 7.81. The largest absolute Gasteiger partial charge is 0.381 e. The number of alkyl halides is 2. The smallest absolute Gasteiger partial charge is 0.255 e. The molecule has 184 valence electrons. The van der Waals surface area contributed by atoms with Gasteiger partial charge in [0, 0.05) is 55.2 Å². The molecule has 4 aliphatic rings. The SMILES string of the molecule is O=C1CCC(N2Cc3cc(N[C@H]4CCCC[C@@H]4NC4CCC(F)(F)CC4)ccc3C2=O)C(=O)N1. The topological polar surface area (TPSA) is 90.5 Å². The molecule has 34 heavy (non-hydrogen) atoms. The number of benzene rings is 1. The number of hydrogen-bond donors (Lipinski definition) is 3. The number of nitrogens with one attached hydrogen (secondary N) is 3. The summed E-state index contributed by atoms with van der Waals surface area (Å²) in [5.74, 6) is -3.41. The molecule has 3 fully saturated rings. The third kappa shape index (κ3) is 4.80. The molecule has 1 saturated heterocycles. The minimum atomic E-state index is -2.52. The molecule has 3 N–H and O–H groups in total. The highest BCUT2D eigenvalue weighted by molar-refractivity contribution is 6.05. The summed E-state index contributed by atoms with van der Waals surface area (Å²) >= 11 is 0. The molecule has 3 amide bonds. The average molecular weight is 475 g/mol. The highest BCUT2D eigenvalue weighted by Gasteiger charge is 2.40. The van der Waals surface area contributed by atoms with E-state index < -0.39 is 17.9 Å². The molecule has 2 aliphatic heterocycles. The first-order chi connectivity index (χ1) is 16.3. The van der Waals surface area contributed by atoms with Crippen molar-refractivity contribution in [2.75, 3.05) is 5.32 Å². The summed E-state index contributed by atoms with van der Waals surface area (Å²) in [6.07, 6.45) is 5.76. The lowest BCUT2D eigenvalue weighted by atomic mass is 9.86. The van der Waals surface area contributed by atoms with Crippen LogP contribution in [0.4, 0.5) is 14.5 Å². The Balaban J connectivity index is 1.24. The fraction of sp³-hybridized carbons (Fsp3) is 0.640. The number of amides is 3. The summed E-state index contributed by atoms with van der Waals surface area (Å²) in [6, 6.07) is 5.61. The van der Waals surface area contributed by atoms with Crippen LogP contribution in [0.1, 0.15) is 80.1 Å². The normalized spacial score (nSPS) is 29.6. The molecular weight excluding hydrogens is 442 g/mol. The number of fused-ring (bicyclic) bond motifs is 1. The summed E-state index contributed by atoms with van der Waals surface area (Å²) in [7, 11) is 0. The molecule has 7 nitrogen and oxygen atoms in total. The molecule has 0 spiro atoms. The minimum Gasteiger partial charge on any atom is -0.381 e. The fourth-order valence-corrected chi connectivity index (χ4v) is 5.89. The summed E-state index contributed by atoms with van der Waals surface area (Å²) in [6.45, 7) is 0.346. The van der Waals surface area contributed by atoms with Gasteiger partial charge in [0.2, 0.25) is 17.7 Å². The monoisotopic (exact) mass is 474 g/mol. The maximum absolute atomic E-state index is 13.5. The van der Waals surface area contributed by atoms with Crippen molar-refractivity contribution in [1.29, 1.82) is 0 Å². The molecule has 1 aromatic carbocycles. The van der Waals surface area contributed by atoms with E-state index in [1.165, 1.54) is 0 Å². The van der Waals surface area contributed by atoms with E-state index in [0.29, 0.717) is 31.4 Å². The summed E-state index contributed by atoms with van der Waals surface area (Å²) in [4.78, 5) is 38.2. The summed E-state index contributed by atoms with van der Waals surface area (Å²) in [5, 5.41) is 9.61. The molecule has 2 saturated carbocycles. The van der Waals surface area contributed by atoms with Gasteiger partial charge in [-0.05, 0) is 55.9 Å². The number of anilines is 1. The van der Waals surface area contributed by atoms with Crippen LogP contribution in [0.5, 0.6) is 0 Å². The fourth-order valence-electron chi connectivity index (χ4n) is 5.89. The van der Waals surface area contributed by atoms with Crippen LogP contribution in [-0.2, 0) is 16.1 Å². The highest BCUT2D eigenvalue weighted by atomic mass is 19.3. The number of carbonyl (C=O) groups is 3. The molecule has 1 unspecified atom stereocenters. The van der Waals surface area contributed by atoms with Gasteiger partial charge in [0.1, 0.15) is 6.04 Å². The second-order valence-corrected chi connectivity index (χ2v) is 10.2. The van der Waals surface area contributed by atoms with E-state index in [4.69, 9.17) is 0 Å². The number of imide groups is 1. The van der Waals surface area contributed by atoms with Crippen molar-refractivity contribution >= 4 is 23.4 Å². The summed E-state index contributed by atoms with van der Waals surface area (Å²) < 4.78 is 27.1. The maximum atomic E-state index is 13.5. The molecule has 0 aromatic heterocycles. The van der Waals surface area contributed by atoms with E-state index >= 15 is 0 Å². The van der Waals surface area contributed by atoms with Crippen molar-refractivity contribution in [1.82, 2.24) is 15.5 Å². The zero-order chi connectivity index (χ0) is 23.9. The van der Waals surface area contributed by atoms with Gasteiger partial charge < -0.3 is 15.5 Å². The first-order valence-corrected chi connectivity index (χ1v) is 12.5. The molecule has 5 rings (SSSR count). The molecule has 9 heteroatoms. The van der Waals surface area contributed by atoms with Crippen molar-refractivity contribution < 1.29 is 23.2 Å². The highest BCUT2D eigenvalue weighted by Crippen LogP contribution is 2.35. The van der Waals surface area contributed by atoms with E-state index in [1.807, 2.05) is 12.1 Å². The Morgan fingerprint density at radius 1 is 0.971 bits per heavy atom. The van der Waals surface area contributed by atoms with Gasteiger partial charge in [0.05, 0.1) is 0 Å². The predicted molar refractivity (Wildman–Crippen MR) is 122 cm³/mol. The Kier molecular flexibility index (Phi) is 6.31. The van der Waals surface area contributed by atoms with Gasteiger partial charge in [-0.15, -0.1) is 0 Å². The van der Waals surface area contributed by atoms with Crippen LogP contribution in [0, 0.1) is 0 Å². The van der Waals surface area contributed by atoms with Gasteiger partial charge in [-0.3, -0.25) is 19.7 Å². The van der Waals surface area contributed by atoms with Gasteiger partial charge in [0.25, 0.3) is 5.91 Å². The van der Waals surface area contributed by atoms with Gasteiger partial charge in [-0.1, -0.05) is 12.8 Å². The van der Waals surface area contributed by atoms with Crippen LogP contribution in [0.2, 0.25) is 0 Å². The number of hydrogen-bond acceptors (Lipinski definition) is 5. The molecule has 2 aliphatic carbocycles. The van der Waals surface area contributed by atoms with Crippen molar-refractivity contribution in [3.8, 4) is 0 Å². The first kappa shape index (κ1) is 23.2. The van der Waals surface area contributed by atoms with Crippen LogP contribution in [0.3, 0.4) is 0 Å². The second kappa shape index (κ2) is 9.24. The lowest BCUT2D eigenvalue weighted by Crippen LogP contribution is -2.52. The number of rotatable bonds is 5. The van der Waals surface area contributed by atoms with E-state index in [9.17, 15) is 23.2 Å². The van der Waals surface area contributed by atoms with Gasteiger partial charge in [-0.25, -0.2) is 8.78 Å². The molecule has 2 heterocycles. The molecule has 3 atom stereocenters. The van der Waals surface area contributed by atoms with E-state index in [0.717, 1.165) is 36.9 Å². The molecule has 0 radical (unpaired) electrons. The number of nitrogens with zero attached hydrogens (tertiary/aromatic N) is 1. The predicted octanol–water partition coefficient (Wildman–Crippen LogP) is 3.34. The van der Waals surface area contributed by atoms with E-state index in [-0.39, 0.29) is 49.2 Å². The summed E-state index contributed by atoms with van der Waals surface area (Å²) in [5.41, 5.74) is 2.39. The number of piperidine rings is 1. The van der Waals surface area contributed by atoms with Gasteiger partial charge >= 0.3 is 0 Å². The Hall–Kier alpha value is -2.55. The van der Waals surface area contributed by atoms with E-state index in [1.54, 1.807) is 11.0 Å². The van der Waals surface area contributed by atoms with Crippen LogP contribution in [0.15, 0.2) is 18.2 Å². The number of halogens is 2. The Morgan fingerprint density at radius 3 is 2.44 bits per heavy atom. The zero-order valence-electron chi connectivity index (χ0n) is 19.2. The molecule has 0 bridgehead atoms. The Bertz CT molecular complexity index is 975. The van der Waals surface area contributed by atoms with Crippen LogP contribution < -0.4 is 16.0 Å². The van der Waals surface area contributed by atoms with Crippen LogP contribution in [-0.4, -0.2) is 52.7 Å². The minimum absolute atomic E-state index is 0.0436. The second-order valence-electron chi connectivity index (χ2n) is 10.2. The Labute approximate surface area is 198 Å². The molecule has 1 aromatic rings.